The molecular formula is C10H13FO2. The lowest BCUT2D eigenvalue weighted by Gasteiger charge is -2.11. The Kier molecular flexibility index (Phi) is 3.12. The van der Waals surface area contributed by atoms with Gasteiger partial charge in [0.15, 0.2) is 0 Å². The zero-order valence-electron chi connectivity index (χ0n) is 8.06. The SMILES string of the molecule is COc1c(C)ccc(OCF)c1C. The van der Waals surface area contributed by atoms with Gasteiger partial charge in [0, 0.05) is 5.56 Å². The van der Waals surface area contributed by atoms with Gasteiger partial charge in [0.25, 0.3) is 0 Å². The molecular weight excluding hydrogens is 171 g/mol. The van der Waals surface area contributed by atoms with E-state index in [1.165, 1.54) is 0 Å². The molecule has 0 amide bonds. The Bertz CT molecular complexity index is 297. The number of aryl methyl sites for hydroxylation is 1. The molecule has 0 heterocycles. The summed E-state index contributed by atoms with van der Waals surface area (Å²) >= 11 is 0. The van der Waals surface area contributed by atoms with Crippen molar-refractivity contribution in [2.45, 2.75) is 13.8 Å². The number of methoxy groups -OCH3 is 1. The minimum atomic E-state index is -0.812. The molecule has 0 atom stereocenters. The van der Waals surface area contributed by atoms with Crippen LogP contribution in [0.4, 0.5) is 4.39 Å². The molecule has 0 fully saturated rings. The molecule has 1 rings (SSSR count). The monoisotopic (exact) mass is 184 g/mol. The third-order valence-electron chi connectivity index (χ3n) is 1.97. The lowest BCUT2D eigenvalue weighted by Crippen LogP contribution is -1.97. The number of hydrogen-bond donors (Lipinski definition) is 0. The third kappa shape index (κ3) is 1.91. The average molecular weight is 184 g/mol. The van der Waals surface area contributed by atoms with E-state index in [-0.39, 0.29) is 0 Å². The lowest BCUT2D eigenvalue weighted by atomic mass is 10.1. The first-order chi connectivity index (χ1) is 6.20. The Balaban J connectivity index is 3.11. The Morgan fingerprint density at radius 3 is 2.54 bits per heavy atom. The minimum absolute atomic E-state index is 0.532. The molecule has 13 heavy (non-hydrogen) atoms. The van der Waals surface area contributed by atoms with Gasteiger partial charge in [-0.1, -0.05) is 6.07 Å². The van der Waals surface area contributed by atoms with Crippen molar-refractivity contribution in [3.05, 3.63) is 23.3 Å². The first-order valence-corrected chi connectivity index (χ1v) is 4.03. The smallest absolute Gasteiger partial charge is 0.228 e. The summed E-state index contributed by atoms with van der Waals surface area (Å²) in [6.45, 7) is 2.97. The van der Waals surface area contributed by atoms with E-state index in [1.807, 2.05) is 19.9 Å². The molecule has 0 aliphatic rings. The fourth-order valence-corrected chi connectivity index (χ4v) is 1.34. The summed E-state index contributed by atoms with van der Waals surface area (Å²) in [5.41, 5.74) is 1.85. The molecule has 0 aliphatic heterocycles. The van der Waals surface area contributed by atoms with Crippen LogP contribution < -0.4 is 9.47 Å². The first kappa shape index (κ1) is 9.84. The summed E-state index contributed by atoms with van der Waals surface area (Å²) in [6.07, 6.45) is 0. The molecule has 0 bridgehead atoms. The topological polar surface area (TPSA) is 18.5 Å². The average Bonchev–Trinajstić information content (AvgIpc) is 2.11. The van der Waals surface area contributed by atoms with Crippen LogP contribution in [0.3, 0.4) is 0 Å². The zero-order valence-corrected chi connectivity index (χ0v) is 8.06. The van der Waals surface area contributed by atoms with E-state index < -0.39 is 6.86 Å². The number of hydrogen-bond acceptors (Lipinski definition) is 2. The lowest BCUT2D eigenvalue weighted by molar-refractivity contribution is 0.190. The number of halogens is 1. The highest BCUT2D eigenvalue weighted by molar-refractivity contribution is 5.48. The summed E-state index contributed by atoms with van der Waals surface area (Å²) in [5, 5.41) is 0. The summed E-state index contributed by atoms with van der Waals surface area (Å²) in [5.74, 6) is 1.29. The standard InChI is InChI=1S/C10H13FO2/c1-7-4-5-9(13-6-11)8(2)10(7)12-3/h4-5H,6H2,1-3H3. The van der Waals surface area contributed by atoms with Crippen LogP contribution in [-0.4, -0.2) is 14.0 Å². The van der Waals surface area contributed by atoms with Gasteiger partial charge in [-0.25, -0.2) is 4.39 Å². The second-order valence-electron chi connectivity index (χ2n) is 2.79. The number of alkyl halides is 1. The van der Waals surface area contributed by atoms with Gasteiger partial charge in [-0.2, -0.15) is 0 Å². The summed E-state index contributed by atoms with van der Waals surface area (Å²) < 4.78 is 21.9. The maximum absolute atomic E-state index is 11.9. The van der Waals surface area contributed by atoms with Crippen LogP contribution in [0.5, 0.6) is 11.5 Å². The van der Waals surface area contributed by atoms with E-state index in [0.717, 1.165) is 16.9 Å². The Morgan fingerprint density at radius 2 is 2.00 bits per heavy atom. The largest absolute Gasteiger partial charge is 0.496 e. The predicted molar refractivity (Wildman–Crippen MR) is 49.1 cm³/mol. The molecule has 0 saturated heterocycles. The predicted octanol–water partition coefficient (Wildman–Crippen LogP) is 2.62. The van der Waals surface area contributed by atoms with Crippen LogP contribution >= 0.6 is 0 Å². The molecule has 2 nitrogen and oxygen atoms in total. The van der Waals surface area contributed by atoms with E-state index >= 15 is 0 Å². The van der Waals surface area contributed by atoms with Crippen LogP contribution in [0.2, 0.25) is 0 Å². The van der Waals surface area contributed by atoms with E-state index in [2.05, 4.69) is 0 Å². The number of ether oxygens (including phenoxy) is 2. The molecule has 0 unspecified atom stereocenters. The van der Waals surface area contributed by atoms with Gasteiger partial charge in [0.05, 0.1) is 7.11 Å². The normalized spacial score (nSPS) is 9.85. The number of rotatable bonds is 3. The van der Waals surface area contributed by atoms with Gasteiger partial charge in [-0.05, 0) is 25.5 Å². The van der Waals surface area contributed by atoms with Gasteiger partial charge in [0.1, 0.15) is 11.5 Å². The molecule has 3 heteroatoms. The van der Waals surface area contributed by atoms with Gasteiger partial charge in [-0.15, -0.1) is 0 Å². The second-order valence-corrected chi connectivity index (χ2v) is 2.79. The van der Waals surface area contributed by atoms with Gasteiger partial charge < -0.3 is 9.47 Å². The maximum atomic E-state index is 11.9. The Labute approximate surface area is 77.3 Å². The van der Waals surface area contributed by atoms with Crippen LogP contribution in [-0.2, 0) is 0 Å². The quantitative estimate of drug-likeness (QED) is 0.718. The van der Waals surface area contributed by atoms with Gasteiger partial charge >= 0.3 is 0 Å². The Hall–Kier alpha value is -1.25. The molecule has 1 aromatic carbocycles. The summed E-state index contributed by atoms with van der Waals surface area (Å²) in [6, 6.07) is 3.59. The second kappa shape index (κ2) is 4.12. The first-order valence-electron chi connectivity index (χ1n) is 4.03. The van der Waals surface area contributed by atoms with E-state index in [4.69, 9.17) is 9.47 Å². The van der Waals surface area contributed by atoms with Crippen molar-refractivity contribution in [2.24, 2.45) is 0 Å². The highest BCUT2D eigenvalue weighted by atomic mass is 19.1. The zero-order chi connectivity index (χ0) is 9.84. The summed E-state index contributed by atoms with van der Waals surface area (Å²) in [4.78, 5) is 0. The van der Waals surface area contributed by atoms with Crippen molar-refractivity contribution in [1.29, 1.82) is 0 Å². The molecule has 72 valence electrons. The van der Waals surface area contributed by atoms with Gasteiger partial charge in [0.2, 0.25) is 6.86 Å². The molecule has 0 N–H and O–H groups in total. The molecule has 0 aliphatic carbocycles. The fraction of sp³-hybridized carbons (Fsp3) is 0.400. The molecule has 0 spiro atoms. The van der Waals surface area contributed by atoms with Crippen LogP contribution in [0, 0.1) is 13.8 Å². The highest BCUT2D eigenvalue weighted by Gasteiger charge is 2.07. The summed E-state index contributed by atoms with van der Waals surface area (Å²) in [7, 11) is 1.59. The Morgan fingerprint density at radius 1 is 1.31 bits per heavy atom. The van der Waals surface area contributed by atoms with Crippen LogP contribution in [0.15, 0.2) is 12.1 Å². The van der Waals surface area contributed by atoms with Gasteiger partial charge in [-0.3, -0.25) is 0 Å². The van der Waals surface area contributed by atoms with Crippen molar-refractivity contribution in [2.75, 3.05) is 14.0 Å². The van der Waals surface area contributed by atoms with Crippen LogP contribution in [0.1, 0.15) is 11.1 Å². The van der Waals surface area contributed by atoms with E-state index in [1.54, 1.807) is 13.2 Å². The van der Waals surface area contributed by atoms with E-state index in [0.29, 0.717) is 5.75 Å². The maximum Gasteiger partial charge on any atom is 0.228 e. The number of benzene rings is 1. The third-order valence-corrected chi connectivity index (χ3v) is 1.97. The highest BCUT2D eigenvalue weighted by Crippen LogP contribution is 2.30. The van der Waals surface area contributed by atoms with Crippen molar-refractivity contribution in [3.8, 4) is 11.5 Å². The van der Waals surface area contributed by atoms with Crippen molar-refractivity contribution in [1.82, 2.24) is 0 Å². The van der Waals surface area contributed by atoms with Crippen molar-refractivity contribution < 1.29 is 13.9 Å². The van der Waals surface area contributed by atoms with E-state index in [9.17, 15) is 4.39 Å². The molecule has 0 aromatic heterocycles. The fourth-order valence-electron chi connectivity index (χ4n) is 1.34. The molecule has 0 radical (unpaired) electrons. The van der Waals surface area contributed by atoms with Crippen molar-refractivity contribution in [3.63, 3.8) is 0 Å². The minimum Gasteiger partial charge on any atom is -0.496 e. The molecule has 1 aromatic rings. The van der Waals surface area contributed by atoms with Crippen molar-refractivity contribution >= 4 is 0 Å². The molecule has 0 saturated carbocycles. The van der Waals surface area contributed by atoms with Crippen LogP contribution in [0.25, 0.3) is 0 Å².